The smallest absolute Gasteiger partial charge is 0.272 e. The average molecular weight is 280 g/mol. The minimum absolute atomic E-state index is 0.0460. The number of ether oxygens (including phenoxy) is 1. The first-order valence-corrected chi connectivity index (χ1v) is 6.74. The van der Waals surface area contributed by atoms with Crippen molar-refractivity contribution in [2.75, 3.05) is 19.8 Å². The van der Waals surface area contributed by atoms with Crippen LogP contribution in [-0.2, 0) is 11.3 Å². The van der Waals surface area contributed by atoms with Gasteiger partial charge < -0.3 is 15.2 Å². The number of nitrogens with zero attached hydrogens (tertiary/aromatic N) is 1. The van der Waals surface area contributed by atoms with E-state index in [9.17, 15) is 15.2 Å². The lowest BCUT2D eigenvalue weighted by Gasteiger charge is -2.36. The summed E-state index contributed by atoms with van der Waals surface area (Å²) in [7, 11) is 0. The van der Waals surface area contributed by atoms with Gasteiger partial charge in [0.05, 0.1) is 11.5 Å². The van der Waals surface area contributed by atoms with Crippen molar-refractivity contribution in [3.05, 3.63) is 39.4 Å². The fraction of sp³-hybridized carbons (Fsp3) is 0.571. The number of nitrogens with one attached hydrogen (secondary N) is 1. The van der Waals surface area contributed by atoms with Crippen LogP contribution in [0.15, 0.2) is 18.2 Å². The number of hydrogen-bond acceptors (Lipinski definition) is 5. The van der Waals surface area contributed by atoms with E-state index < -0.39 is 0 Å². The minimum atomic E-state index is -0.366. The summed E-state index contributed by atoms with van der Waals surface area (Å²) < 4.78 is 5.31. The average Bonchev–Trinajstić information content (AvgIpc) is 2.47. The third-order valence-corrected chi connectivity index (χ3v) is 4.02. The summed E-state index contributed by atoms with van der Waals surface area (Å²) in [4.78, 5) is 10.6. The second-order valence-corrected chi connectivity index (χ2v) is 5.22. The molecule has 1 fully saturated rings. The summed E-state index contributed by atoms with van der Waals surface area (Å²) in [5, 5.41) is 23.9. The molecule has 6 nitrogen and oxygen atoms in total. The first kappa shape index (κ1) is 14.9. The van der Waals surface area contributed by atoms with Gasteiger partial charge in [-0.05, 0) is 25.3 Å². The minimum Gasteiger partial charge on any atom is -0.394 e. The lowest BCUT2D eigenvalue weighted by Crippen LogP contribution is -2.51. The maximum absolute atomic E-state index is 10.9. The monoisotopic (exact) mass is 280 g/mol. The van der Waals surface area contributed by atoms with Gasteiger partial charge >= 0.3 is 0 Å². The van der Waals surface area contributed by atoms with Crippen LogP contribution in [0.5, 0.6) is 0 Å². The molecule has 2 N–H and O–H groups in total. The van der Waals surface area contributed by atoms with Gasteiger partial charge in [0, 0.05) is 36.9 Å². The molecule has 6 heteroatoms. The van der Waals surface area contributed by atoms with Crippen LogP contribution in [0.4, 0.5) is 5.69 Å². The van der Waals surface area contributed by atoms with Gasteiger partial charge in [0.15, 0.2) is 0 Å². The van der Waals surface area contributed by atoms with Gasteiger partial charge in [-0.3, -0.25) is 10.1 Å². The molecule has 1 saturated heterocycles. The molecule has 0 radical (unpaired) electrons. The Balaban J connectivity index is 2.10. The van der Waals surface area contributed by atoms with Crippen LogP contribution < -0.4 is 5.32 Å². The zero-order chi connectivity index (χ0) is 14.6. The van der Waals surface area contributed by atoms with Gasteiger partial charge in [-0.1, -0.05) is 12.1 Å². The Bertz CT molecular complexity index is 484. The molecule has 1 heterocycles. The van der Waals surface area contributed by atoms with Crippen LogP contribution in [-0.4, -0.2) is 35.4 Å². The molecule has 0 unspecified atom stereocenters. The van der Waals surface area contributed by atoms with E-state index in [4.69, 9.17) is 4.74 Å². The van der Waals surface area contributed by atoms with E-state index >= 15 is 0 Å². The van der Waals surface area contributed by atoms with Gasteiger partial charge in [0.25, 0.3) is 5.69 Å². The molecule has 0 aromatic heterocycles. The summed E-state index contributed by atoms with van der Waals surface area (Å²) in [6.45, 7) is 3.56. The summed E-state index contributed by atoms with van der Waals surface area (Å²) in [5.41, 5.74) is 1.35. The predicted molar refractivity (Wildman–Crippen MR) is 74.5 cm³/mol. The summed E-state index contributed by atoms with van der Waals surface area (Å²) in [6.07, 6.45) is 1.49. The number of nitro benzene ring substituents is 1. The van der Waals surface area contributed by atoms with E-state index in [1.807, 2.05) is 6.07 Å². The van der Waals surface area contributed by atoms with E-state index in [-0.39, 0.29) is 22.8 Å². The number of hydrogen-bond donors (Lipinski definition) is 2. The molecule has 1 aromatic rings. The second-order valence-electron chi connectivity index (χ2n) is 5.22. The Morgan fingerprint density at radius 2 is 2.15 bits per heavy atom. The fourth-order valence-electron chi connectivity index (χ4n) is 2.49. The standard InChI is InChI=1S/C14H20N2O4/c1-11-12(3-2-4-13(11)16(18)19)9-15-14(10-17)5-7-20-8-6-14/h2-4,15,17H,5-10H2,1H3. The Morgan fingerprint density at radius 1 is 1.45 bits per heavy atom. The molecule has 0 saturated carbocycles. The fourth-order valence-corrected chi connectivity index (χ4v) is 2.49. The van der Waals surface area contributed by atoms with E-state index in [1.165, 1.54) is 6.07 Å². The molecular weight excluding hydrogens is 260 g/mol. The van der Waals surface area contributed by atoms with Crippen LogP contribution >= 0.6 is 0 Å². The van der Waals surface area contributed by atoms with Crippen molar-refractivity contribution in [1.82, 2.24) is 5.32 Å². The van der Waals surface area contributed by atoms with Gasteiger partial charge in [0.1, 0.15) is 0 Å². The zero-order valence-corrected chi connectivity index (χ0v) is 11.6. The molecule has 20 heavy (non-hydrogen) atoms. The molecule has 0 spiro atoms. The number of aliphatic hydroxyl groups excluding tert-OH is 1. The quantitative estimate of drug-likeness (QED) is 0.631. The number of benzene rings is 1. The van der Waals surface area contributed by atoms with Crippen LogP contribution in [0.3, 0.4) is 0 Å². The van der Waals surface area contributed by atoms with Crippen molar-refractivity contribution >= 4 is 5.69 Å². The van der Waals surface area contributed by atoms with Gasteiger partial charge in [-0.2, -0.15) is 0 Å². The highest BCUT2D eigenvalue weighted by Crippen LogP contribution is 2.24. The predicted octanol–water partition coefficient (Wildman–Crippen LogP) is 1.53. The van der Waals surface area contributed by atoms with Gasteiger partial charge in [-0.15, -0.1) is 0 Å². The van der Waals surface area contributed by atoms with Crippen molar-refractivity contribution in [3.8, 4) is 0 Å². The molecule has 1 aliphatic rings. The topological polar surface area (TPSA) is 84.6 Å². The summed E-state index contributed by atoms with van der Waals surface area (Å²) in [6, 6.07) is 5.08. The SMILES string of the molecule is Cc1c(CNC2(CO)CCOCC2)cccc1[N+](=O)[O-]. The number of nitro groups is 1. The third-order valence-electron chi connectivity index (χ3n) is 4.02. The Labute approximate surface area is 117 Å². The highest BCUT2D eigenvalue weighted by molar-refractivity contribution is 5.44. The van der Waals surface area contributed by atoms with Crippen molar-refractivity contribution in [3.63, 3.8) is 0 Å². The maximum Gasteiger partial charge on any atom is 0.272 e. The highest BCUT2D eigenvalue weighted by atomic mass is 16.6. The molecule has 0 atom stereocenters. The lowest BCUT2D eigenvalue weighted by molar-refractivity contribution is -0.385. The zero-order valence-electron chi connectivity index (χ0n) is 11.6. The first-order chi connectivity index (χ1) is 9.58. The molecule has 0 aliphatic carbocycles. The van der Waals surface area contributed by atoms with Crippen LogP contribution in [0, 0.1) is 17.0 Å². The molecule has 0 amide bonds. The normalized spacial score (nSPS) is 17.9. The molecule has 1 aliphatic heterocycles. The van der Waals surface area contributed by atoms with Crippen LogP contribution in [0.1, 0.15) is 24.0 Å². The van der Waals surface area contributed by atoms with Crippen LogP contribution in [0.2, 0.25) is 0 Å². The van der Waals surface area contributed by atoms with Crippen LogP contribution in [0.25, 0.3) is 0 Å². The van der Waals surface area contributed by atoms with Gasteiger partial charge in [0.2, 0.25) is 0 Å². The Kier molecular flexibility index (Phi) is 4.69. The largest absolute Gasteiger partial charge is 0.394 e. The Morgan fingerprint density at radius 3 is 2.75 bits per heavy atom. The summed E-state index contributed by atoms with van der Waals surface area (Å²) in [5.74, 6) is 0. The van der Waals surface area contributed by atoms with E-state index in [2.05, 4.69) is 5.32 Å². The lowest BCUT2D eigenvalue weighted by atomic mass is 9.90. The first-order valence-electron chi connectivity index (χ1n) is 6.74. The van der Waals surface area contributed by atoms with E-state index in [0.29, 0.717) is 25.3 Å². The van der Waals surface area contributed by atoms with Crippen molar-refractivity contribution in [2.45, 2.75) is 31.8 Å². The molecule has 2 rings (SSSR count). The van der Waals surface area contributed by atoms with E-state index in [1.54, 1.807) is 13.0 Å². The van der Waals surface area contributed by atoms with E-state index in [0.717, 1.165) is 18.4 Å². The highest BCUT2D eigenvalue weighted by Gasteiger charge is 2.31. The molecule has 0 bridgehead atoms. The third kappa shape index (κ3) is 3.15. The summed E-state index contributed by atoms with van der Waals surface area (Å²) >= 11 is 0. The second kappa shape index (κ2) is 6.30. The number of aliphatic hydroxyl groups is 1. The maximum atomic E-state index is 10.9. The van der Waals surface area contributed by atoms with Crippen molar-refractivity contribution < 1.29 is 14.8 Å². The molecule has 1 aromatic carbocycles. The van der Waals surface area contributed by atoms with Crippen molar-refractivity contribution in [2.24, 2.45) is 0 Å². The van der Waals surface area contributed by atoms with Gasteiger partial charge in [-0.25, -0.2) is 0 Å². The van der Waals surface area contributed by atoms with Crippen molar-refractivity contribution in [1.29, 1.82) is 0 Å². The molecule has 110 valence electrons. The number of rotatable bonds is 5. The Hall–Kier alpha value is -1.50. The molecular formula is C14H20N2O4.